The zero-order valence-electron chi connectivity index (χ0n) is 17.6. The third-order valence-electron chi connectivity index (χ3n) is 4.48. The first-order valence-corrected chi connectivity index (χ1v) is 9.30. The molecular weight excluding hydrogens is 418 g/mol. The molecule has 0 saturated heterocycles. The average molecular weight is 447 g/mol. The first-order chi connectivity index (χ1) is 14.5. The predicted octanol–water partition coefficient (Wildman–Crippen LogP) is -1.45. The summed E-state index contributed by atoms with van der Waals surface area (Å²) >= 11 is 0. The van der Waals surface area contributed by atoms with Crippen LogP contribution in [0.1, 0.15) is 25.7 Å². The van der Waals surface area contributed by atoms with Gasteiger partial charge in [-0.1, -0.05) is 12.8 Å². The Balaban J connectivity index is 0. The standard InChI is InChI=1S/C16H29N3O6.2CO2/c1-17(2)7-8-18(9-14(20)21)12-5-3-4-6-13(12)19(10-15(22)23)11-16(24)25;2*2-1-3/h12-13H,3-11H2,1-2H3,(H,20,21)(H,22,23)(H,24,25);;. The molecule has 31 heavy (non-hydrogen) atoms. The van der Waals surface area contributed by atoms with Gasteiger partial charge in [-0.2, -0.15) is 19.2 Å². The van der Waals surface area contributed by atoms with Crippen molar-refractivity contribution in [1.29, 1.82) is 0 Å². The summed E-state index contributed by atoms with van der Waals surface area (Å²) in [6.45, 7) is 0.357. The quantitative estimate of drug-likeness (QED) is 0.334. The van der Waals surface area contributed by atoms with E-state index in [-0.39, 0.29) is 44.0 Å². The van der Waals surface area contributed by atoms with Gasteiger partial charge in [-0.15, -0.1) is 0 Å². The van der Waals surface area contributed by atoms with Crippen molar-refractivity contribution < 1.29 is 48.9 Å². The smallest absolute Gasteiger partial charge is 0.373 e. The van der Waals surface area contributed by atoms with Crippen LogP contribution < -0.4 is 0 Å². The van der Waals surface area contributed by atoms with E-state index in [0.29, 0.717) is 19.5 Å². The minimum atomic E-state index is -1.08. The average Bonchev–Trinajstić information content (AvgIpc) is 2.65. The molecule has 0 aromatic carbocycles. The Kier molecular flexibility index (Phi) is 17.4. The van der Waals surface area contributed by atoms with Crippen molar-refractivity contribution in [1.82, 2.24) is 14.7 Å². The number of rotatable bonds is 11. The second kappa shape index (κ2) is 17.9. The van der Waals surface area contributed by atoms with Gasteiger partial charge in [0.15, 0.2) is 0 Å². The molecule has 0 aromatic rings. The number of hydrogen-bond acceptors (Lipinski definition) is 10. The molecule has 13 nitrogen and oxygen atoms in total. The van der Waals surface area contributed by atoms with Gasteiger partial charge < -0.3 is 20.2 Å². The van der Waals surface area contributed by atoms with Crippen molar-refractivity contribution in [3.8, 4) is 0 Å². The van der Waals surface area contributed by atoms with Crippen LogP contribution >= 0.6 is 0 Å². The normalized spacial score (nSPS) is 17.5. The molecule has 0 aliphatic heterocycles. The summed E-state index contributed by atoms with van der Waals surface area (Å²) < 4.78 is 0. The van der Waals surface area contributed by atoms with Crippen LogP contribution in [0.3, 0.4) is 0 Å². The largest absolute Gasteiger partial charge is 0.480 e. The number of carboxylic acids is 3. The summed E-state index contributed by atoms with van der Waals surface area (Å²) in [7, 11) is 3.80. The fraction of sp³-hybridized carbons (Fsp3) is 0.722. The first-order valence-electron chi connectivity index (χ1n) is 9.30. The van der Waals surface area contributed by atoms with Crippen LogP contribution in [0, 0.1) is 0 Å². The summed E-state index contributed by atoms with van der Waals surface area (Å²) in [4.78, 5) is 71.3. The lowest BCUT2D eigenvalue weighted by Gasteiger charge is -2.44. The Morgan fingerprint density at radius 3 is 1.35 bits per heavy atom. The third kappa shape index (κ3) is 15.5. The van der Waals surface area contributed by atoms with Crippen LogP contribution in [0.15, 0.2) is 0 Å². The van der Waals surface area contributed by atoms with Crippen LogP contribution in [0.25, 0.3) is 0 Å². The van der Waals surface area contributed by atoms with Gasteiger partial charge in [0, 0.05) is 25.2 Å². The molecule has 1 rings (SSSR count). The topological polar surface area (TPSA) is 190 Å². The molecule has 0 aromatic heterocycles. The summed E-state index contributed by atoms with van der Waals surface area (Å²) in [6.07, 6.45) is 3.71. The molecule has 1 aliphatic carbocycles. The molecule has 176 valence electrons. The van der Waals surface area contributed by atoms with E-state index in [0.717, 1.165) is 19.3 Å². The zero-order chi connectivity index (χ0) is 24.4. The summed E-state index contributed by atoms with van der Waals surface area (Å²) in [5.74, 6) is -3.10. The molecule has 2 unspecified atom stereocenters. The Morgan fingerprint density at radius 1 is 0.710 bits per heavy atom. The minimum Gasteiger partial charge on any atom is -0.480 e. The van der Waals surface area contributed by atoms with Gasteiger partial charge in [0.25, 0.3) is 0 Å². The van der Waals surface area contributed by atoms with Crippen LogP contribution in [0.4, 0.5) is 0 Å². The zero-order valence-corrected chi connectivity index (χ0v) is 17.6. The highest BCUT2D eigenvalue weighted by atomic mass is 16.4. The molecule has 0 heterocycles. The summed E-state index contributed by atoms with van der Waals surface area (Å²) in [5, 5.41) is 27.5. The van der Waals surface area contributed by atoms with Crippen molar-refractivity contribution >= 4 is 30.2 Å². The first kappa shape index (κ1) is 30.2. The van der Waals surface area contributed by atoms with Crippen LogP contribution in [-0.2, 0) is 33.6 Å². The lowest BCUT2D eigenvalue weighted by atomic mass is 9.87. The Bertz CT molecular complexity index is 600. The highest BCUT2D eigenvalue weighted by Crippen LogP contribution is 2.27. The van der Waals surface area contributed by atoms with Gasteiger partial charge >= 0.3 is 30.2 Å². The third-order valence-corrected chi connectivity index (χ3v) is 4.48. The number of hydrogen-bond donors (Lipinski definition) is 3. The monoisotopic (exact) mass is 447 g/mol. The van der Waals surface area contributed by atoms with Crippen LogP contribution in [0.2, 0.25) is 0 Å². The second-order valence-electron chi connectivity index (χ2n) is 6.95. The van der Waals surface area contributed by atoms with E-state index in [1.54, 1.807) is 0 Å². The van der Waals surface area contributed by atoms with Gasteiger partial charge in [-0.3, -0.25) is 24.2 Å². The maximum atomic E-state index is 11.3. The molecule has 1 fully saturated rings. The van der Waals surface area contributed by atoms with E-state index in [1.807, 2.05) is 23.9 Å². The molecule has 1 saturated carbocycles. The van der Waals surface area contributed by atoms with E-state index in [2.05, 4.69) is 0 Å². The van der Waals surface area contributed by atoms with E-state index in [4.69, 9.17) is 29.4 Å². The molecule has 1 aliphatic rings. The van der Waals surface area contributed by atoms with Gasteiger partial charge in [-0.25, -0.2) is 0 Å². The highest BCUT2D eigenvalue weighted by Gasteiger charge is 2.36. The van der Waals surface area contributed by atoms with Gasteiger partial charge in [0.2, 0.25) is 0 Å². The van der Waals surface area contributed by atoms with Gasteiger partial charge in [0.05, 0.1) is 19.6 Å². The minimum absolute atomic E-state index is 0.136. The lowest BCUT2D eigenvalue weighted by Crippen LogP contribution is -2.57. The number of likely N-dealkylation sites (N-methyl/N-ethyl adjacent to an activating group) is 1. The number of carbonyl (C=O) groups is 3. The summed E-state index contributed by atoms with van der Waals surface area (Å²) in [6, 6.07) is -0.439. The number of carboxylic acid groups (broad SMARTS) is 3. The molecule has 2 atom stereocenters. The molecular formula is C18H29N3O10. The molecule has 0 radical (unpaired) electrons. The maximum absolute atomic E-state index is 11.3. The summed E-state index contributed by atoms with van der Waals surface area (Å²) in [5.41, 5.74) is 0. The lowest BCUT2D eigenvalue weighted by molar-refractivity contribution is -0.193. The number of aliphatic carboxylic acids is 3. The second-order valence-corrected chi connectivity index (χ2v) is 6.95. The number of carbonyl (C=O) groups excluding carboxylic acids is 4. The highest BCUT2D eigenvalue weighted by molar-refractivity contribution is 5.72. The maximum Gasteiger partial charge on any atom is 0.373 e. The van der Waals surface area contributed by atoms with Crippen molar-refractivity contribution in [2.24, 2.45) is 0 Å². The fourth-order valence-electron chi connectivity index (χ4n) is 3.45. The van der Waals surface area contributed by atoms with E-state index in [9.17, 15) is 19.5 Å². The van der Waals surface area contributed by atoms with Gasteiger partial charge in [-0.05, 0) is 26.9 Å². The van der Waals surface area contributed by atoms with Crippen LogP contribution in [-0.4, -0.2) is 119 Å². The van der Waals surface area contributed by atoms with Crippen molar-refractivity contribution in [3.63, 3.8) is 0 Å². The molecule has 0 amide bonds. The van der Waals surface area contributed by atoms with Crippen molar-refractivity contribution in [2.45, 2.75) is 37.8 Å². The van der Waals surface area contributed by atoms with Crippen molar-refractivity contribution in [2.75, 3.05) is 46.8 Å². The molecule has 3 N–H and O–H groups in total. The molecule has 0 spiro atoms. The van der Waals surface area contributed by atoms with Gasteiger partial charge in [0.1, 0.15) is 0 Å². The molecule has 13 heteroatoms. The predicted molar refractivity (Wildman–Crippen MR) is 101 cm³/mol. The van der Waals surface area contributed by atoms with E-state index < -0.39 is 17.9 Å². The Morgan fingerprint density at radius 2 is 1.03 bits per heavy atom. The SMILES string of the molecule is CN(C)CCN(CC(=O)O)C1CCCCC1N(CC(=O)O)CC(=O)O.O=C=O.O=C=O. The Labute approximate surface area is 179 Å². The number of nitrogens with zero attached hydrogens (tertiary/aromatic N) is 3. The fourth-order valence-corrected chi connectivity index (χ4v) is 3.45. The van der Waals surface area contributed by atoms with E-state index in [1.165, 1.54) is 4.90 Å². The van der Waals surface area contributed by atoms with Crippen LogP contribution in [0.5, 0.6) is 0 Å². The van der Waals surface area contributed by atoms with E-state index >= 15 is 0 Å². The Hall–Kier alpha value is -2.95. The van der Waals surface area contributed by atoms with Crippen molar-refractivity contribution in [3.05, 3.63) is 0 Å². The molecule has 0 bridgehead atoms.